The fourth-order valence-corrected chi connectivity index (χ4v) is 4.44. The van der Waals surface area contributed by atoms with E-state index in [0.717, 1.165) is 5.96 Å². The van der Waals surface area contributed by atoms with Crippen molar-refractivity contribution >= 4 is 38.3 Å². The van der Waals surface area contributed by atoms with Crippen LogP contribution >= 0.6 is 12.1 Å². The number of halogens is 6. The zero-order valence-corrected chi connectivity index (χ0v) is 29.2. The van der Waals surface area contributed by atoms with Gasteiger partial charge in [-0.25, -0.2) is 21.4 Å². The number of pyridine rings is 2. The minimum Gasteiger partial charge on any atom is -0.741 e. The van der Waals surface area contributed by atoms with Crippen molar-refractivity contribution in [2.24, 2.45) is 4.99 Å². The highest BCUT2D eigenvalue weighted by Gasteiger charge is 2.37. The van der Waals surface area contributed by atoms with Crippen LogP contribution in [-0.4, -0.2) is 59.3 Å². The Morgan fingerprint density at radius 1 is 0.640 bits per heavy atom. The van der Waals surface area contributed by atoms with Crippen molar-refractivity contribution in [1.29, 1.82) is 0 Å². The van der Waals surface area contributed by atoms with Crippen LogP contribution in [0.4, 0.5) is 26.3 Å². The van der Waals surface area contributed by atoms with Gasteiger partial charge in [-0.15, -0.1) is 13.3 Å². The van der Waals surface area contributed by atoms with Crippen LogP contribution in [0.15, 0.2) is 115 Å². The van der Waals surface area contributed by atoms with Gasteiger partial charge in [0.05, 0.1) is 18.4 Å². The van der Waals surface area contributed by atoms with Crippen LogP contribution in [0.25, 0.3) is 22.3 Å². The van der Waals surface area contributed by atoms with Crippen LogP contribution in [0.3, 0.4) is 0 Å². The number of aromatic nitrogens is 2. The van der Waals surface area contributed by atoms with Crippen molar-refractivity contribution < 1.29 is 60.8 Å². The van der Waals surface area contributed by atoms with Crippen molar-refractivity contribution in [2.75, 3.05) is 0 Å². The number of nitrogens with zero attached hydrogens (tertiary/aromatic N) is 4. The van der Waals surface area contributed by atoms with Gasteiger partial charge in [-0.3, -0.25) is 0 Å². The molecule has 50 heavy (non-hydrogen) atoms. The van der Waals surface area contributed by atoms with Crippen molar-refractivity contribution in [1.82, 2.24) is 4.31 Å². The van der Waals surface area contributed by atoms with Crippen molar-refractivity contribution in [3.63, 3.8) is 0 Å². The Morgan fingerprint density at radius 3 is 1.26 bits per heavy atom. The van der Waals surface area contributed by atoms with Gasteiger partial charge in [-0.2, -0.15) is 26.3 Å². The van der Waals surface area contributed by atoms with E-state index in [1.807, 2.05) is 12.1 Å². The second-order valence-electron chi connectivity index (χ2n) is 10.5. The third kappa shape index (κ3) is 13.3. The molecule has 0 unspecified atom stereocenters. The first kappa shape index (κ1) is 42.1. The van der Waals surface area contributed by atoms with Gasteiger partial charge in [-0.1, -0.05) is 60.7 Å². The van der Waals surface area contributed by atoms with Gasteiger partial charge in [0.15, 0.2) is 32.6 Å². The largest absolute Gasteiger partial charge is 0.741 e. The predicted molar refractivity (Wildman–Crippen MR) is 174 cm³/mol. The molecule has 0 radical (unpaired) electrons. The Balaban J connectivity index is 0.000000450. The highest BCUT2D eigenvalue weighted by Crippen LogP contribution is 2.22. The zero-order chi connectivity index (χ0) is 37.9. The van der Waals surface area contributed by atoms with E-state index < -0.39 is 31.3 Å². The molecule has 2 aromatic carbocycles. The van der Waals surface area contributed by atoms with E-state index in [1.165, 1.54) is 22.3 Å². The van der Waals surface area contributed by atoms with E-state index in [9.17, 15) is 26.3 Å². The number of rotatable bonds is 6. The molecule has 2 aromatic heterocycles. The molecule has 4 aromatic rings. The summed E-state index contributed by atoms with van der Waals surface area (Å²) in [7, 11) is -12.2. The van der Waals surface area contributed by atoms with Gasteiger partial charge in [0.25, 0.3) is 0 Å². The van der Waals surface area contributed by atoms with Gasteiger partial charge in [0.2, 0.25) is 0 Å². The molecule has 2 heterocycles. The lowest BCUT2D eigenvalue weighted by Gasteiger charge is -2.17. The van der Waals surface area contributed by atoms with E-state index in [2.05, 4.69) is 138 Å². The van der Waals surface area contributed by atoms with Crippen LogP contribution in [0.1, 0.15) is 27.7 Å². The molecule has 0 atom stereocenters. The highest BCUT2D eigenvalue weighted by molar-refractivity contribution is 7.91. The van der Waals surface area contributed by atoms with Crippen LogP contribution in [0, 0.1) is 0 Å². The first-order chi connectivity index (χ1) is 23.0. The summed E-state index contributed by atoms with van der Waals surface area (Å²) in [5.41, 5.74) is -6.47. The van der Waals surface area contributed by atoms with Crippen LogP contribution < -0.4 is 8.54 Å². The Kier molecular flexibility index (Phi) is 15.0. The van der Waals surface area contributed by atoms with Crippen molar-refractivity contribution in [3.05, 3.63) is 110 Å². The molecule has 19 heteroatoms. The summed E-state index contributed by atoms with van der Waals surface area (Å²) in [5, 5.41) is 0. The maximum Gasteiger partial charge on any atom is 0.485 e. The molecular weight excluding hydrogens is 735 g/mol. The van der Waals surface area contributed by atoms with Crippen molar-refractivity contribution in [2.45, 2.75) is 50.8 Å². The van der Waals surface area contributed by atoms with Gasteiger partial charge < -0.3 is 9.11 Å². The Bertz CT molecular complexity index is 1850. The lowest BCUT2D eigenvalue weighted by molar-refractivity contribution is -0.565. The normalized spacial score (nSPS) is 12.5. The van der Waals surface area contributed by atoms with Crippen LogP contribution in [-0.2, 0) is 20.2 Å². The number of hydrogen-bond acceptors (Lipinski definition) is 8. The molecule has 4 rings (SSSR count). The smallest absolute Gasteiger partial charge is 0.485 e. The van der Waals surface area contributed by atoms with Gasteiger partial charge in [0, 0.05) is 12.1 Å². The quantitative estimate of drug-likeness (QED) is 0.0435. The van der Waals surface area contributed by atoms with E-state index in [1.54, 1.807) is 12.1 Å². The molecule has 0 fully saturated rings. The summed E-state index contributed by atoms with van der Waals surface area (Å²) in [5.74, 6) is 0.911. The average molecular weight is 767 g/mol. The average Bonchev–Trinajstić information content (AvgIpc) is 3.02. The summed E-state index contributed by atoms with van der Waals surface area (Å²) < 4.78 is 124. The first-order valence-electron chi connectivity index (χ1n) is 14.2. The van der Waals surface area contributed by atoms with Crippen LogP contribution in [0.5, 0.6) is 0 Å². The summed E-state index contributed by atoms with van der Waals surface area (Å²) in [6.07, 6.45) is 8.42. The molecule has 0 amide bonds. The second kappa shape index (κ2) is 17.8. The SMILES string of the molecule is CC(C)N=C(N(S[n+]1ccc(-c2ccccc2)cc1)C(C)C)[n+]1ccc(-c2ccccc2)cc1.O=S(=O)([O-])C(F)(F)F.O=S(=O)([O-])C(F)(F)F. The predicted octanol–water partition coefficient (Wildman–Crippen LogP) is 6.13. The Hall–Kier alpha value is -4.04. The molecule has 0 N–H and O–H groups in total. The summed E-state index contributed by atoms with van der Waals surface area (Å²) >= 11 is 1.64. The van der Waals surface area contributed by atoms with Gasteiger partial charge in [0.1, 0.15) is 6.04 Å². The van der Waals surface area contributed by atoms with Crippen molar-refractivity contribution in [3.8, 4) is 22.3 Å². The highest BCUT2D eigenvalue weighted by atomic mass is 32.2. The standard InChI is InChI=1S/C29H32N4S.2CHF3O3S/c1-23(2)30-29(31-19-15-27(16-20-31)25-11-7-5-8-12-25)33(24(3)4)34-32-21-17-28(18-22-32)26-13-9-6-10-14-26;2*2-1(3,4)8(5,6)7/h5-24H,1-4H3;2*(H,5,6,7)/q+2;;/p-2. The van der Waals surface area contributed by atoms with Gasteiger partial charge in [-0.05, 0) is 62.1 Å². The third-order valence-corrected chi connectivity index (χ3v) is 8.19. The fourth-order valence-electron chi connectivity index (χ4n) is 3.60. The molecular formula is C31H32F6N4O6S3. The molecule has 0 aliphatic carbocycles. The van der Waals surface area contributed by atoms with Gasteiger partial charge >= 0.3 is 29.1 Å². The monoisotopic (exact) mass is 766 g/mol. The fraction of sp³-hybridized carbons (Fsp3) is 0.258. The topological polar surface area (TPSA) is 138 Å². The first-order valence-corrected chi connectivity index (χ1v) is 17.8. The molecule has 0 aliphatic rings. The zero-order valence-electron chi connectivity index (χ0n) is 26.8. The minimum absolute atomic E-state index is 0.170. The molecule has 0 aliphatic heterocycles. The number of alkyl halides is 6. The minimum atomic E-state index is -6.09. The van der Waals surface area contributed by atoms with E-state index in [-0.39, 0.29) is 12.1 Å². The van der Waals surface area contributed by atoms with E-state index in [0.29, 0.717) is 0 Å². The Labute approximate surface area is 290 Å². The summed E-state index contributed by atoms with van der Waals surface area (Å²) in [6.45, 7) is 8.62. The molecule has 10 nitrogen and oxygen atoms in total. The molecule has 272 valence electrons. The molecule has 0 spiro atoms. The summed E-state index contributed by atoms with van der Waals surface area (Å²) in [4.78, 5) is 5.00. The maximum atomic E-state index is 10.7. The Morgan fingerprint density at radius 2 is 0.960 bits per heavy atom. The number of hydrogen-bond donors (Lipinski definition) is 0. The molecule has 0 saturated heterocycles. The second-order valence-corrected chi connectivity index (χ2v) is 14.2. The van der Waals surface area contributed by atoms with Crippen LogP contribution in [0.2, 0.25) is 0 Å². The lowest BCUT2D eigenvalue weighted by Crippen LogP contribution is -2.55. The maximum absolute atomic E-state index is 10.7. The summed E-state index contributed by atoms with van der Waals surface area (Å²) in [6, 6.07) is 29.9. The van der Waals surface area contributed by atoms with E-state index in [4.69, 9.17) is 30.9 Å². The van der Waals surface area contributed by atoms with E-state index >= 15 is 0 Å². The number of benzene rings is 2. The third-order valence-electron chi connectivity index (χ3n) is 5.87. The molecule has 0 bridgehead atoms. The number of aliphatic imine (C=N–C) groups is 1. The lowest BCUT2D eigenvalue weighted by atomic mass is 10.1. The molecule has 0 saturated carbocycles.